The number of carbonyl (C=O) groups is 1. The Kier molecular flexibility index (Phi) is 6.81. The van der Waals surface area contributed by atoms with E-state index in [1.54, 1.807) is 40.1 Å². The number of H-pyrrole nitrogens is 1. The molecule has 0 aliphatic carbocycles. The van der Waals surface area contributed by atoms with Gasteiger partial charge in [0.1, 0.15) is 29.1 Å². The molecule has 1 aliphatic heterocycles. The van der Waals surface area contributed by atoms with Crippen LogP contribution in [0.1, 0.15) is 56.5 Å². The molecule has 1 atom stereocenters. The summed E-state index contributed by atoms with van der Waals surface area (Å²) in [4.78, 5) is 16.2. The molecule has 10 nitrogen and oxygen atoms in total. The summed E-state index contributed by atoms with van der Waals surface area (Å²) in [6.45, 7) is 7.58. The highest BCUT2D eigenvalue weighted by molar-refractivity contribution is 5.94. The van der Waals surface area contributed by atoms with Gasteiger partial charge >= 0.3 is 12.3 Å². The summed E-state index contributed by atoms with van der Waals surface area (Å²) in [6, 6.07) is 7.61. The Morgan fingerprint density at radius 2 is 2.00 bits per heavy atom. The van der Waals surface area contributed by atoms with E-state index in [1.165, 1.54) is 0 Å². The molecule has 0 radical (unpaired) electrons. The Hall–Kier alpha value is -4.00. The molecular weight excluding hydrogens is 527 g/mol. The van der Waals surface area contributed by atoms with E-state index in [4.69, 9.17) is 9.47 Å². The van der Waals surface area contributed by atoms with E-state index in [9.17, 15) is 18.0 Å². The maximum atomic E-state index is 13.9. The Labute approximate surface area is 228 Å². The number of alkyl halides is 3. The molecule has 0 bridgehead atoms. The number of alkyl carbamates (subject to hydrolysis) is 1. The second kappa shape index (κ2) is 9.88. The summed E-state index contributed by atoms with van der Waals surface area (Å²) in [5.74, 6) is 0.802. The molecule has 1 aliphatic rings. The van der Waals surface area contributed by atoms with Crippen molar-refractivity contribution in [2.24, 2.45) is 7.05 Å². The summed E-state index contributed by atoms with van der Waals surface area (Å²) in [5.41, 5.74) is 0.00402. The topological polar surface area (TPSA) is 120 Å². The fourth-order valence-electron chi connectivity index (χ4n) is 4.76. The smallest absolute Gasteiger partial charge is 0.433 e. The van der Waals surface area contributed by atoms with Crippen molar-refractivity contribution in [1.82, 2.24) is 35.3 Å². The largest absolute Gasteiger partial charge is 0.444 e. The minimum atomic E-state index is -4.71. The third-order valence-electron chi connectivity index (χ3n) is 6.82. The monoisotopic (exact) mass is 557 g/mol. The molecule has 3 aromatic heterocycles. The van der Waals surface area contributed by atoms with Gasteiger partial charge in [-0.2, -0.15) is 18.3 Å². The average Bonchev–Trinajstić information content (AvgIpc) is 3.44. The molecule has 40 heavy (non-hydrogen) atoms. The quantitative estimate of drug-likeness (QED) is 0.347. The third kappa shape index (κ3) is 5.37. The minimum Gasteiger partial charge on any atom is -0.444 e. The average molecular weight is 558 g/mol. The number of amides is 1. The van der Waals surface area contributed by atoms with Crippen LogP contribution in [0.25, 0.3) is 22.2 Å². The molecule has 212 valence electrons. The van der Waals surface area contributed by atoms with Crippen molar-refractivity contribution in [1.29, 1.82) is 0 Å². The van der Waals surface area contributed by atoms with Crippen molar-refractivity contribution in [2.75, 3.05) is 13.2 Å². The highest BCUT2D eigenvalue weighted by atomic mass is 19.4. The first-order chi connectivity index (χ1) is 18.8. The maximum Gasteiger partial charge on any atom is 0.433 e. The van der Waals surface area contributed by atoms with Gasteiger partial charge in [0.2, 0.25) is 0 Å². The van der Waals surface area contributed by atoms with Crippen LogP contribution < -0.4 is 5.32 Å². The Balaban J connectivity index is 1.55. The molecule has 13 heteroatoms. The molecule has 4 aromatic rings. The second-order valence-electron chi connectivity index (χ2n) is 11.1. The number of nitrogens with zero attached hydrogens (tertiary/aromatic N) is 5. The number of benzene rings is 1. The number of carbonyl (C=O) groups excluding carboxylic acids is 1. The van der Waals surface area contributed by atoms with Crippen LogP contribution in [0.2, 0.25) is 0 Å². The number of aromatic nitrogens is 6. The second-order valence-corrected chi connectivity index (χ2v) is 11.1. The van der Waals surface area contributed by atoms with Gasteiger partial charge in [-0.1, -0.05) is 18.2 Å². The van der Waals surface area contributed by atoms with Crippen LogP contribution in [0.5, 0.6) is 0 Å². The highest BCUT2D eigenvalue weighted by Crippen LogP contribution is 2.39. The fourth-order valence-corrected chi connectivity index (χ4v) is 4.76. The molecule has 5 rings (SSSR count). The highest BCUT2D eigenvalue weighted by Gasteiger charge is 2.42. The summed E-state index contributed by atoms with van der Waals surface area (Å²) in [5, 5.41) is 18.2. The van der Waals surface area contributed by atoms with E-state index in [-0.39, 0.29) is 22.0 Å². The van der Waals surface area contributed by atoms with Gasteiger partial charge in [0.05, 0.1) is 30.5 Å². The van der Waals surface area contributed by atoms with E-state index in [0.717, 1.165) is 17.5 Å². The van der Waals surface area contributed by atoms with Crippen molar-refractivity contribution in [3.05, 3.63) is 59.4 Å². The number of halogens is 3. The summed E-state index contributed by atoms with van der Waals surface area (Å²) in [7, 11) is 1.87. The van der Waals surface area contributed by atoms with Gasteiger partial charge in [-0.15, -0.1) is 10.2 Å². The molecule has 4 heterocycles. The van der Waals surface area contributed by atoms with Crippen molar-refractivity contribution >= 4 is 17.0 Å². The number of aromatic amines is 1. The van der Waals surface area contributed by atoms with Crippen molar-refractivity contribution in [3.8, 4) is 11.3 Å². The summed E-state index contributed by atoms with van der Waals surface area (Å²) in [6.07, 6.45) is -3.25. The minimum absolute atomic E-state index is 0.00302. The van der Waals surface area contributed by atoms with Crippen LogP contribution in [-0.2, 0) is 34.5 Å². The first-order valence-electron chi connectivity index (χ1n) is 12.7. The lowest BCUT2D eigenvalue weighted by molar-refractivity contribution is -0.141. The lowest BCUT2D eigenvalue weighted by Gasteiger charge is -2.41. The van der Waals surface area contributed by atoms with Crippen LogP contribution in [0.3, 0.4) is 0 Å². The Bertz CT molecular complexity index is 1550. The predicted molar refractivity (Wildman–Crippen MR) is 139 cm³/mol. The molecule has 1 aromatic carbocycles. The Morgan fingerprint density at radius 1 is 1.25 bits per heavy atom. The van der Waals surface area contributed by atoms with Crippen LogP contribution in [-0.4, -0.2) is 54.9 Å². The van der Waals surface area contributed by atoms with E-state index in [1.807, 2.05) is 29.8 Å². The zero-order chi connectivity index (χ0) is 28.9. The van der Waals surface area contributed by atoms with Crippen LogP contribution in [0, 0.1) is 0 Å². The van der Waals surface area contributed by atoms with Gasteiger partial charge in [-0.05, 0) is 45.4 Å². The number of hydrogen-bond acceptors (Lipinski definition) is 7. The summed E-state index contributed by atoms with van der Waals surface area (Å²) >= 11 is 0. The van der Waals surface area contributed by atoms with Gasteiger partial charge in [0.15, 0.2) is 0 Å². The number of pyridine rings is 1. The van der Waals surface area contributed by atoms with Crippen LogP contribution >= 0.6 is 0 Å². The van der Waals surface area contributed by atoms with Crippen molar-refractivity contribution < 1.29 is 27.4 Å². The predicted octanol–water partition coefficient (Wildman–Crippen LogP) is 4.87. The number of aryl methyl sites for hydroxylation is 1. The molecule has 1 saturated heterocycles. The zero-order valence-corrected chi connectivity index (χ0v) is 22.8. The third-order valence-corrected chi connectivity index (χ3v) is 6.82. The van der Waals surface area contributed by atoms with Gasteiger partial charge in [0, 0.05) is 29.8 Å². The fraction of sp³-hybridized carbons (Fsp3) is 0.444. The maximum absolute atomic E-state index is 13.9. The van der Waals surface area contributed by atoms with E-state index < -0.39 is 29.6 Å². The standard InChI is InChI=1S/C27H30F3N7O3/c1-15(32-24(38)40-25(2,3)4)21-23-18(10-19(33-21)27(28,29)30)22(35-36-23)16-7-6-8-17(9-16)26(12-39-13-26)11-20-34-31-14-37(20)5/h6-10,14-15H,11-13H2,1-5H3,(H,32,38)(H,35,36)/t15-/m0/s1. The lowest BCUT2D eigenvalue weighted by Crippen LogP contribution is -2.49. The van der Waals surface area contributed by atoms with E-state index >= 15 is 0 Å². The number of fused-ring (bicyclic) bond motifs is 1. The van der Waals surface area contributed by atoms with E-state index in [0.29, 0.717) is 30.9 Å². The Morgan fingerprint density at radius 3 is 2.60 bits per heavy atom. The van der Waals surface area contributed by atoms with Gasteiger partial charge in [0.25, 0.3) is 0 Å². The van der Waals surface area contributed by atoms with Crippen LogP contribution in [0.15, 0.2) is 36.7 Å². The first kappa shape index (κ1) is 27.6. The molecule has 0 unspecified atom stereocenters. The van der Waals surface area contributed by atoms with Gasteiger partial charge in [-0.25, -0.2) is 9.78 Å². The summed E-state index contributed by atoms with van der Waals surface area (Å²) < 4.78 is 54.5. The van der Waals surface area contributed by atoms with Crippen molar-refractivity contribution in [2.45, 2.75) is 57.3 Å². The molecule has 0 saturated carbocycles. The number of ether oxygens (including phenoxy) is 2. The zero-order valence-electron chi connectivity index (χ0n) is 22.8. The number of hydrogen-bond donors (Lipinski definition) is 2. The molecule has 0 spiro atoms. The van der Waals surface area contributed by atoms with Gasteiger partial charge in [-0.3, -0.25) is 5.10 Å². The lowest BCUT2D eigenvalue weighted by atomic mass is 9.75. The molecule has 2 N–H and O–H groups in total. The molecule has 1 amide bonds. The van der Waals surface area contributed by atoms with Gasteiger partial charge < -0.3 is 19.4 Å². The SMILES string of the molecule is C[C@H](NC(=O)OC(C)(C)C)c1nc(C(F)(F)F)cc2c(-c3cccc(C4(Cc5nncn5C)COC4)c3)n[nH]c12. The first-order valence-corrected chi connectivity index (χ1v) is 12.7. The molecular formula is C27H30F3N7O3. The normalized spacial score (nSPS) is 16.0. The number of nitrogens with one attached hydrogen (secondary N) is 2. The van der Waals surface area contributed by atoms with E-state index in [2.05, 4.69) is 30.7 Å². The number of rotatable bonds is 6. The van der Waals surface area contributed by atoms with Crippen molar-refractivity contribution in [3.63, 3.8) is 0 Å². The molecule has 1 fully saturated rings. The van der Waals surface area contributed by atoms with Crippen LogP contribution in [0.4, 0.5) is 18.0 Å².